The van der Waals surface area contributed by atoms with Crippen molar-refractivity contribution in [3.63, 3.8) is 0 Å². The number of unbranched alkanes of at least 4 members (excludes halogenated alkanes) is 3. The van der Waals surface area contributed by atoms with Crippen LogP contribution >= 0.6 is 0 Å². The summed E-state index contributed by atoms with van der Waals surface area (Å²) in [6, 6.07) is 0. The van der Waals surface area contributed by atoms with Crippen LogP contribution in [0.5, 0.6) is 0 Å². The van der Waals surface area contributed by atoms with E-state index < -0.39 is 5.60 Å². The first-order chi connectivity index (χ1) is 13.5. The summed E-state index contributed by atoms with van der Waals surface area (Å²) in [7, 11) is 0. The SMILES string of the molecule is CCCC[C@](C)(O)C/C=C/[C@@H]1[C@H]2CC(CCCCCNCCO)=C[C@H]2C[C@H]1O. The summed E-state index contributed by atoms with van der Waals surface area (Å²) in [5.74, 6) is 1.32. The molecule has 28 heavy (non-hydrogen) atoms. The lowest BCUT2D eigenvalue weighted by atomic mass is 9.87. The Morgan fingerprint density at radius 2 is 2.04 bits per heavy atom. The predicted molar refractivity (Wildman–Crippen MR) is 116 cm³/mol. The Kier molecular flexibility index (Phi) is 10.2. The molecule has 0 saturated heterocycles. The minimum absolute atomic E-state index is 0.216. The van der Waals surface area contributed by atoms with Crippen LogP contribution in [0.2, 0.25) is 0 Å². The van der Waals surface area contributed by atoms with E-state index in [1.807, 2.05) is 6.92 Å². The van der Waals surface area contributed by atoms with Gasteiger partial charge in [-0.25, -0.2) is 0 Å². The molecule has 4 N–H and O–H groups in total. The van der Waals surface area contributed by atoms with Crippen LogP contribution in [0.1, 0.15) is 78.1 Å². The van der Waals surface area contributed by atoms with Crippen LogP contribution in [0.15, 0.2) is 23.8 Å². The Hall–Kier alpha value is -0.680. The van der Waals surface area contributed by atoms with Gasteiger partial charge in [-0.3, -0.25) is 0 Å². The van der Waals surface area contributed by atoms with Crippen molar-refractivity contribution in [2.24, 2.45) is 17.8 Å². The van der Waals surface area contributed by atoms with E-state index in [0.717, 1.165) is 38.6 Å². The first kappa shape index (κ1) is 23.6. The van der Waals surface area contributed by atoms with Crippen LogP contribution in [0.25, 0.3) is 0 Å². The molecule has 0 aromatic carbocycles. The molecule has 2 rings (SSSR count). The quantitative estimate of drug-likeness (QED) is 0.266. The molecule has 0 aromatic rings. The minimum atomic E-state index is -0.624. The molecule has 0 unspecified atom stereocenters. The Bertz CT molecular complexity index is 500. The van der Waals surface area contributed by atoms with Crippen LogP contribution < -0.4 is 5.32 Å². The number of aliphatic hydroxyl groups is 3. The van der Waals surface area contributed by atoms with Gasteiger partial charge < -0.3 is 20.6 Å². The normalized spacial score (nSPS) is 29.2. The zero-order valence-corrected chi connectivity index (χ0v) is 18.1. The molecule has 162 valence electrons. The fourth-order valence-corrected chi connectivity index (χ4v) is 4.91. The number of allylic oxidation sites excluding steroid dienone is 2. The fourth-order valence-electron chi connectivity index (χ4n) is 4.91. The van der Waals surface area contributed by atoms with Gasteiger partial charge in [0, 0.05) is 12.5 Å². The van der Waals surface area contributed by atoms with Crippen molar-refractivity contribution in [2.75, 3.05) is 19.7 Å². The molecule has 1 saturated carbocycles. The van der Waals surface area contributed by atoms with E-state index in [9.17, 15) is 10.2 Å². The molecule has 0 spiro atoms. The highest BCUT2D eigenvalue weighted by Gasteiger charge is 2.43. The van der Waals surface area contributed by atoms with E-state index in [1.165, 1.54) is 25.7 Å². The van der Waals surface area contributed by atoms with Gasteiger partial charge >= 0.3 is 0 Å². The molecule has 0 bridgehead atoms. The maximum absolute atomic E-state index is 10.5. The molecule has 4 nitrogen and oxygen atoms in total. The molecule has 0 radical (unpaired) electrons. The summed E-state index contributed by atoms with van der Waals surface area (Å²) in [5, 5.41) is 32.9. The molecule has 0 aromatic heterocycles. The summed E-state index contributed by atoms with van der Waals surface area (Å²) < 4.78 is 0. The molecule has 1 fully saturated rings. The smallest absolute Gasteiger partial charge is 0.0654 e. The number of nitrogens with one attached hydrogen (secondary N) is 1. The van der Waals surface area contributed by atoms with Crippen LogP contribution in [-0.2, 0) is 0 Å². The van der Waals surface area contributed by atoms with Gasteiger partial charge in [0.25, 0.3) is 0 Å². The van der Waals surface area contributed by atoms with Crippen molar-refractivity contribution in [2.45, 2.75) is 89.8 Å². The number of rotatable bonds is 14. The van der Waals surface area contributed by atoms with E-state index >= 15 is 0 Å². The zero-order chi connectivity index (χ0) is 20.4. The Labute approximate surface area is 172 Å². The lowest BCUT2D eigenvalue weighted by Gasteiger charge is -2.22. The van der Waals surface area contributed by atoms with Crippen molar-refractivity contribution in [3.8, 4) is 0 Å². The molecular weight excluding hydrogens is 350 g/mol. The maximum Gasteiger partial charge on any atom is 0.0654 e. The first-order valence-corrected chi connectivity index (χ1v) is 11.5. The Morgan fingerprint density at radius 3 is 2.79 bits per heavy atom. The van der Waals surface area contributed by atoms with E-state index in [0.29, 0.717) is 24.8 Å². The van der Waals surface area contributed by atoms with Gasteiger partial charge in [-0.15, -0.1) is 0 Å². The van der Waals surface area contributed by atoms with Gasteiger partial charge in [0.2, 0.25) is 0 Å². The fraction of sp³-hybridized carbons (Fsp3) is 0.833. The highest BCUT2D eigenvalue weighted by atomic mass is 16.3. The first-order valence-electron chi connectivity index (χ1n) is 11.5. The summed E-state index contributed by atoms with van der Waals surface area (Å²) in [6.45, 7) is 5.98. The lowest BCUT2D eigenvalue weighted by molar-refractivity contribution is 0.0513. The van der Waals surface area contributed by atoms with E-state index in [1.54, 1.807) is 5.57 Å². The highest BCUT2D eigenvalue weighted by Crippen LogP contribution is 2.48. The monoisotopic (exact) mass is 393 g/mol. The summed E-state index contributed by atoms with van der Waals surface area (Å²) in [6.07, 6.45) is 17.0. The number of fused-ring (bicyclic) bond motifs is 1. The molecule has 0 amide bonds. The number of hydrogen-bond acceptors (Lipinski definition) is 4. The van der Waals surface area contributed by atoms with Gasteiger partial charge in [-0.2, -0.15) is 0 Å². The van der Waals surface area contributed by atoms with Gasteiger partial charge in [0.05, 0.1) is 18.3 Å². The van der Waals surface area contributed by atoms with Crippen LogP contribution in [-0.4, -0.2) is 46.7 Å². The molecule has 4 heteroatoms. The second kappa shape index (κ2) is 12.1. The van der Waals surface area contributed by atoms with Gasteiger partial charge in [0.1, 0.15) is 0 Å². The third kappa shape index (κ3) is 7.62. The second-order valence-corrected chi connectivity index (χ2v) is 9.25. The predicted octanol–water partition coefficient (Wildman–Crippen LogP) is 3.96. The van der Waals surface area contributed by atoms with E-state index in [2.05, 4.69) is 30.5 Å². The minimum Gasteiger partial charge on any atom is -0.395 e. The van der Waals surface area contributed by atoms with Gasteiger partial charge in [0.15, 0.2) is 0 Å². The lowest BCUT2D eigenvalue weighted by Crippen LogP contribution is -2.23. The third-order valence-corrected chi connectivity index (χ3v) is 6.57. The Balaban J connectivity index is 1.72. The van der Waals surface area contributed by atoms with E-state index in [4.69, 9.17) is 5.11 Å². The second-order valence-electron chi connectivity index (χ2n) is 9.25. The topological polar surface area (TPSA) is 72.7 Å². The average Bonchev–Trinajstić information content (AvgIpc) is 3.17. The van der Waals surface area contributed by atoms with Crippen molar-refractivity contribution in [1.82, 2.24) is 5.32 Å². The maximum atomic E-state index is 10.5. The summed E-state index contributed by atoms with van der Waals surface area (Å²) >= 11 is 0. The van der Waals surface area contributed by atoms with Crippen molar-refractivity contribution >= 4 is 0 Å². The van der Waals surface area contributed by atoms with Crippen molar-refractivity contribution < 1.29 is 15.3 Å². The van der Waals surface area contributed by atoms with Crippen molar-refractivity contribution in [3.05, 3.63) is 23.8 Å². The molecule has 2 aliphatic carbocycles. The Morgan fingerprint density at radius 1 is 1.21 bits per heavy atom. The van der Waals surface area contributed by atoms with Crippen molar-refractivity contribution in [1.29, 1.82) is 0 Å². The van der Waals surface area contributed by atoms with E-state index in [-0.39, 0.29) is 18.6 Å². The van der Waals surface area contributed by atoms with Crippen LogP contribution in [0.3, 0.4) is 0 Å². The molecule has 0 heterocycles. The summed E-state index contributed by atoms with van der Waals surface area (Å²) in [5.41, 5.74) is 0.958. The van der Waals surface area contributed by atoms with Gasteiger partial charge in [-0.1, -0.05) is 50.0 Å². The molecule has 5 atom stereocenters. The average molecular weight is 394 g/mol. The largest absolute Gasteiger partial charge is 0.395 e. The zero-order valence-electron chi connectivity index (χ0n) is 18.1. The number of aliphatic hydroxyl groups excluding tert-OH is 2. The molecule has 2 aliphatic rings. The molecular formula is C24H43NO3. The summed E-state index contributed by atoms with van der Waals surface area (Å²) in [4.78, 5) is 0. The standard InChI is InChI=1S/C24H43NO3/c1-3-4-11-24(2,28)12-8-10-21-22-17-19(16-20(22)18-23(21)27)9-6-5-7-13-25-14-15-26/h8,10,16,20-23,25-28H,3-7,9,11-15,17-18H2,1-2H3/b10-8+/t20-,21+,22-,23+,24-/m0/s1. The molecule has 0 aliphatic heterocycles. The van der Waals surface area contributed by atoms with Crippen LogP contribution in [0.4, 0.5) is 0 Å². The highest BCUT2D eigenvalue weighted by molar-refractivity contribution is 5.20. The van der Waals surface area contributed by atoms with Crippen LogP contribution in [0, 0.1) is 17.8 Å². The van der Waals surface area contributed by atoms with Gasteiger partial charge in [-0.05, 0) is 70.3 Å². The third-order valence-electron chi connectivity index (χ3n) is 6.57. The number of hydrogen-bond donors (Lipinski definition) is 4.